The van der Waals surface area contributed by atoms with Crippen LogP contribution in [0.25, 0.3) is 0 Å². The number of nitrogens with zero attached hydrogens (tertiary/aromatic N) is 2. The standard InChI is InChI=1S/C16H19FN4O2/c1-10(2)14(16(23)18-13-8-9-21(3)20-13)19-15(22)11-4-6-12(17)7-5-11/h4-10,14H,1-3H3,(H,19,22)(H,18,20,23). The Balaban J connectivity index is 2.07. The SMILES string of the molecule is CC(C)C(NC(=O)c1ccc(F)cc1)C(=O)Nc1ccn(C)n1. The number of aryl methyl sites for hydroxylation is 1. The van der Waals surface area contributed by atoms with Gasteiger partial charge in [0.25, 0.3) is 5.91 Å². The molecule has 2 N–H and O–H groups in total. The predicted molar refractivity (Wildman–Crippen MR) is 84.3 cm³/mol. The van der Waals surface area contributed by atoms with Gasteiger partial charge in [0.15, 0.2) is 5.82 Å². The van der Waals surface area contributed by atoms with Crippen molar-refractivity contribution in [1.29, 1.82) is 0 Å². The summed E-state index contributed by atoms with van der Waals surface area (Å²) in [6, 6.07) is 6.09. The second-order valence-electron chi connectivity index (χ2n) is 5.57. The van der Waals surface area contributed by atoms with Crippen molar-refractivity contribution in [3.63, 3.8) is 0 Å². The van der Waals surface area contributed by atoms with Crippen molar-refractivity contribution in [2.45, 2.75) is 19.9 Å². The number of anilines is 1. The number of rotatable bonds is 5. The normalized spacial score (nSPS) is 12.0. The maximum absolute atomic E-state index is 12.9. The van der Waals surface area contributed by atoms with Crippen LogP contribution in [0.15, 0.2) is 36.5 Å². The molecule has 23 heavy (non-hydrogen) atoms. The molecule has 0 aliphatic rings. The van der Waals surface area contributed by atoms with Crippen LogP contribution >= 0.6 is 0 Å². The molecular formula is C16H19FN4O2. The van der Waals surface area contributed by atoms with Gasteiger partial charge in [-0.25, -0.2) is 4.39 Å². The van der Waals surface area contributed by atoms with Crippen molar-refractivity contribution in [1.82, 2.24) is 15.1 Å². The predicted octanol–water partition coefficient (Wildman–Crippen LogP) is 1.95. The number of halogens is 1. The highest BCUT2D eigenvalue weighted by Crippen LogP contribution is 2.09. The fourth-order valence-electron chi connectivity index (χ4n) is 2.05. The summed E-state index contributed by atoms with van der Waals surface area (Å²) in [5.74, 6) is -0.911. The van der Waals surface area contributed by atoms with Crippen molar-refractivity contribution >= 4 is 17.6 Å². The lowest BCUT2D eigenvalue weighted by Crippen LogP contribution is -2.47. The molecule has 2 aromatic rings. The van der Waals surface area contributed by atoms with Crippen LogP contribution in [-0.4, -0.2) is 27.6 Å². The zero-order valence-corrected chi connectivity index (χ0v) is 13.2. The summed E-state index contributed by atoms with van der Waals surface area (Å²) in [7, 11) is 1.74. The number of hydrogen-bond acceptors (Lipinski definition) is 3. The Labute approximate surface area is 133 Å². The summed E-state index contributed by atoms with van der Waals surface area (Å²) in [4.78, 5) is 24.5. The molecule has 0 aliphatic carbocycles. The maximum Gasteiger partial charge on any atom is 0.251 e. The lowest BCUT2D eigenvalue weighted by Gasteiger charge is -2.21. The molecular weight excluding hydrogens is 299 g/mol. The van der Waals surface area contributed by atoms with Crippen LogP contribution in [0.2, 0.25) is 0 Å². The van der Waals surface area contributed by atoms with Crippen molar-refractivity contribution in [2.75, 3.05) is 5.32 Å². The number of hydrogen-bond donors (Lipinski definition) is 2. The molecule has 2 amide bonds. The Hall–Kier alpha value is -2.70. The molecule has 6 nitrogen and oxygen atoms in total. The van der Waals surface area contributed by atoms with E-state index in [-0.39, 0.29) is 11.8 Å². The number of aromatic nitrogens is 2. The minimum absolute atomic E-state index is 0.122. The highest BCUT2D eigenvalue weighted by Gasteiger charge is 2.25. The molecule has 1 aromatic heterocycles. The lowest BCUT2D eigenvalue weighted by atomic mass is 10.0. The molecule has 0 saturated carbocycles. The first-order valence-electron chi connectivity index (χ1n) is 7.24. The van der Waals surface area contributed by atoms with E-state index in [1.165, 1.54) is 24.3 Å². The molecule has 1 atom stereocenters. The third-order valence-corrected chi connectivity index (χ3v) is 3.31. The largest absolute Gasteiger partial charge is 0.340 e. The van der Waals surface area contributed by atoms with Crippen molar-refractivity contribution in [3.05, 3.63) is 47.9 Å². The van der Waals surface area contributed by atoms with Crippen molar-refractivity contribution in [2.24, 2.45) is 13.0 Å². The molecule has 0 fully saturated rings. The summed E-state index contributed by atoms with van der Waals surface area (Å²) in [5, 5.41) is 9.41. The monoisotopic (exact) mass is 318 g/mol. The number of carbonyl (C=O) groups excluding carboxylic acids is 2. The van der Waals surface area contributed by atoms with Crippen LogP contribution in [0, 0.1) is 11.7 Å². The minimum Gasteiger partial charge on any atom is -0.340 e. The second-order valence-corrected chi connectivity index (χ2v) is 5.57. The van der Waals surface area contributed by atoms with E-state index in [4.69, 9.17) is 0 Å². The van der Waals surface area contributed by atoms with E-state index in [1.807, 2.05) is 13.8 Å². The number of benzene rings is 1. The molecule has 0 spiro atoms. The summed E-state index contributed by atoms with van der Waals surface area (Å²) in [6.07, 6.45) is 1.71. The van der Waals surface area contributed by atoms with E-state index >= 15 is 0 Å². The summed E-state index contributed by atoms with van der Waals surface area (Å²) >= 11 is 0. The van der Waals surface area contributed by atoms with E-state index in [1.54, 1.807) is 24.0 Å². The van der Waals surface area contributed by atoms with E-state index < -0.39 is 17.8 Å². The van der Waals surface area contributed by atoms with Gasteiger partial charge in [-0.05, 0) is 30.2 Å². The zero-order valence-electron chi connectivity index (χ0n) is 13.2. The zero-order chi connectivity index (χ0) is 17.0. The van der Waals surface area contributed by atoms with E-state index in [0.717, 1.165) is 0 Å². The van der Waals surface area contributed by atoms with Gasteiger partial charge < -0.3 is 10.6 Å². The fraction of sp³-hybridized carbons (Fsp3) is 0.312. The summed E-state index contributed by atoms with van der Waals surface area (Å²) in [5.41, 5.74) is 0.294. The molecule has 0 bridgehead atoms. The molecule has 2 rings (SSSR count). The highest BCUT2D eigenvalue weighted by atomic mass is 19.1. The van der Waals surface area contributed by atoms with Crippen molar-refractivity contribution < 1.29 is 14.0 Å². The smallest absolute Gasteiger partial charge is 0.251 e. The van der Waals surface area contributed by atoms with Crippen LogP contribution in [0.3, 0.4) is 0 Å². The lowest BCUT2D eigenvalue weighted by molar-refractivity contribution is -0.118. The van der Waals surface area contributed by atoms with Crippen LogP contribution in [-0.2, 0) is 11.8 Å². The fourth-order valence-corrected chi connectivity index (χ4v) is 2.05. The average Bonchev–Trinajstić information content (AvgIpc) is 2.89. The Bertz CT molecular complexity index is 694. The van der Waals surface area contributed by atoms with Crippen LogP contribution in [0.5, 0.6) is 0 Å². The van der Waals surface area contributed by atoms with Gasteiger partial charge in [-0.15, -0.1) is 0 Å². The average molecular weight is 318 g/mol. The van der Waals surface area contributed by atoms with E-state index in [0.29, 0.717) is 11.4 Å². The van der Waals surface area contributed by atoms with Gasteiger partial charge in [0.1, 0.15) is 11.9 Å². The van der Waals surface area contributed by atoms with Gasteiger partial charge in [-0.2, -0.15) is 5.10 Å². The first-order chi connectivity index (χ1) is 10.9. The molecule has 1 aromatic carbocycles. The van der Waals surface area contributed by atoms with Gasteiger partial charge in [-0.1, -0.05) is 13.8 Å². The molecule has 1 unspecified atom stereocenters. The Morgan fingerprint density at radius 3 is 2.35 bits per heavy atom. The van der Waals surface area contributed by atoms with Gasteiger partial charge in [-0.3, -0.25) is 14.3 Å². The summed E-state index contributed by atoms with van der Waals surface area (Å²) in [6.45, 7) is 3.65. The van der Waals surface area contributed by atoms with Gasteiger partial charge in [0, 0.05) is 24.9 Å². The van der Waals surface area contributed by atoms with Crippen LogP contribution < -0.4 is 10.6 Å². The number of carbonyl (C=O) groups is 2. The van der Waals surface area contributed by atoms with E-state index in [9.17, 15) is 14.0 Å². The van der Waals surface area contributed by atoms with Gasteiger partial charge >= 0.3 is 0 Å². The maximum atomic E-state index is 12.9. The van der Waals surface area contributed by atoms with Crippen LogP contribution in [0.1, 0.15) is 24.2 Å². The second kappa shape index (κ2) is 7.04. The minimum atomic E-state index is -0.727. The Kier molecular flexibility index (Phi) is 5.10. The highest BCUT2D eigenvalue weighted by molar-refractivity contribution is 6.00. The molecule has 0 saturated heterocycles. The Morgan fingerprint density at radius 2 is 1.83 bits per heavy atom. The molecule has 0 radical (unpaired) electrons. The summed E-state index contributed by atoms with van der Waals surface area (Å²) < 4.78 is 14.5. The van der Waals surface area contributed by atoms with Crippen molar-refractivity contribution in [3.8, 4) is 0 Å². The van der Waals surface area contributed by atoms with Gasteiger partial charge in [0.2, 0.25) is 5.91 Å². The first kappa shape index (κ1) is 16.7. The third-order valence-electron chi connectivity index (χ3n) is 3.31. The molecule has 7 heteroatoms. The molecule has 0 aliphatic heterocycles. The number of amides is 2. The third kappa shape index (κ3) is 4.38. The quantitative estimate of drug-likeness (QED) is 0.885. The van der Waals surface area contributed by atoms with Gasteiger partial charge in [0.05, 0.1) is 0 Å². The molecule has 1 heterocycles. The Morgan fingerprint density at radius 1 is 1.17 bits per heavy atom. The topological polar surface area (TPSA) is 76.0 Å². The van der Waals surface area contributed by atoms with Crippen LogP contribution in [0.4, 0.5) is 10.2 Å². The first-order valence-corrected chi connectivity index (χ1v) is 7.24. The number of nitrogens with one attached hydrogen (secondary N) is 2. The molecule has 122 valence electrons. The van der Waals surface area contributed by atoms with E-state index in [2.05, 4.69) is 15.7 Å².